The van der Waals surface area contributed by atoms with Crippen LogP contribution in [0.2, 0.25) is 0 Å². The predicted octanol–water partition coefficient (Wildman–Crippen LogP) is 8.97. The molecule has 0 N–H and O–H groups in total. The molecule has 41 heavy (non-hydrogen) atoms. The fourth-order valence-electron chi connectivity index (χ4n) is 6.16. The Hall–Kier alpha value is -5.68. The Morgan fingerprint density at radius 2 is 1.05 bits per heavy atom. The molecule has 0 saturated carbocycles. The number of pyridine rings is 1. The van der Waals surface area contributed by atoms with Gasteiger partial charge in [0.15, 0.2) is 23.1 Å². The zero-order chi connectivity index (χ0) is 26.9. The van der Waals surface area contributed by atoms with E-state index in [0.29, 0.717) is 17.5 Å². The summed E-state index contributed by atoms with van der Waals surface area (Å²) in [5, 5.41) is 3.26. The van der Waals surface area contributed by atoms with Gasteiger partial charge >= 0.3 is 0 Å². The van der Waals surface area contributed by atoms with E-state index in [9.17, 15) is 0 Å². The molecule has 0 aliphatic heterocycles. The van der Waals surface area contributed by atoms with Gasteiger partial charge in [-0.15, -0.1) is 0 Å². The molecule has 0 amide bonds. The molecule has 3 aromatic heterocycles. The summed E-state index contributed by atoms with van der Waals surface area (Å²) in [6.45, 7) is 0. The van der Waals surface area contributed by atoms with Crippen molar-refractivity contribution in [1.29, 1.82) is 0 Å². The van der Waals surface area contributed by atoms with E-state index in [1.54, 1.807) is 6.20 Å². The molecule has 0 saturated heterocycles. The van der Waals surface area contributed by atoms with Gasteiger partial charge in [0.25, 0.3) is 0 Å². The first-order chi connectivity index (χ1) is 20.3. The Labute approximate surface area is 234 Å². The Morgan fingerprint density at radius 3 is 1.90 bits per heavy atom. The molecule has 0 unspecified atom stereocenters. The topological polar surface area (TPSA) is 64.7 Å². The van der Waals surface area contributed by atoms with Crippen LogP contribution < -0.4 is 0 Å². The molecular formula is C36H20N4O. The second-order valence-corrected chi connectivity index (χ2v) is 10.2. The van der Waals surface area contributed by atoms with Crippen molar-refractivity contribution < 1.29 is 4.42 Å². The fraction of sp³-hybridized carbons (Fsp3) is 0. The monoisotopic (exact) mass is 524 g/mol. The van der Waals surface area contributed by atoms with Crippen molar-refractivity contribution in [1.82, 2.24) is 19.9 Å². The molecule has 0 radical (unpaired) electrons. The minimum atomic E-state index is 0.583. The highest BCUT2D eigenvalue weighted by atomic mass is 16.3. The lowest BCUT2D eigenvalue weighted by atomic mass is 9.98. The molecule has 1 aliphatic carbocycles. The highest BCUT2D eigenvalue weighted by Crippen LogP contribution is 2.49. The van der Waals surface area contributed by atoms with E-state index < -0.39 is 0 Å². The molecule has 0 bridgehead atoms. The average Bonchev–Trinajstić information content (AvgIpc) is 3.59. The highest BCUT2D eigenvalue weighted by molar-refractivity contribution is 6.18. The van der Waals surface area contributed by atoms with E-state index in [2.05, 4.69) is 59.6 Å². The standard InChI is InChI=1S/C36H20N4O/c1-2-9-21(10-3-1)34-38-35(27-19-18-26-23-12-5-4-11-22(23)24-13-6-14-25(27)31(24)26)40-36(39-34)28-15-7-16-29-32(28)33-30(41-29)17-8-20-37-33/h1-20H. The van der Waals surface area contributed by atoms with Crippen LogP contribution in [0.4, 0.5) is 0 Å². The van der Waals surface area contributed by atoms with E-state index in [4.69, 9.17) is 19.4 Å². The molecule has 1 aliphatic rings. The van der Waals surface area contributed by atoms with Gasteiger partial charge in [-0.05, 0) is 57.3 Å². The van der Waals surface area contributed by atoms with E-state index in [1.165, 1.54) is 27.6 Å². The van der Waals surface area contributed by atoms with E-state index in [-0.39, 0.29) is 0 Å². The number of nitrogens with zero attached hydrogens (tertiary/aromatic N) is 4. The third kappa shape index (κ3) is 3.23. The highest BCUT2D eigenvalue weighted by Gasteiger charge is 2.24. The first-order valence-electron chi connectivity index (χ1n) is 13.6. The summed E-state index contributed by atoms with van der Waals surface area (Å²) in [4.78, 5) is 19.8. The third-order valence-corrected chi connectivity index (χ3v) is 7.95. The summed E-state index contributed by atoms with van der Waals surface area (Å²) >= 11 is 0. The van der Waals surface area contributed by atoms with E-state index in [1.807, 2.05) is 60.7 Å². The minimum Gasteiger partial charge on any atom is -0.454 e. The van der Waals surface area contributed by atoms with Crippen LogP contribution in [0.5, 0.6) is 0 Å². The van der Waals surface area contributed by atoms with Gasteiger partial charge in [-0.1, -0.05) is 91.0 Å². The van der Waals surface area contributed by atoms with Crippen molar-refractivity contribution in [2.45, 2.75) is 0 Å². The van der Waals surface area contributed by atoms with Gasteiger partial charge in [0.05, 0.1) is 5.39 Å². The lowest BCUT2D eigenvalue weighted by Gasteiger charge is -2.12. The number of benzene rings is 5. The van der Waals surface area contributed by atoms with Gasteiger partial charge in [-0.3, -0.25) is 4.98 Å². The second-order valence-electron chi connectivity index (χ2n) is 10.2. The molecular weight excluding hydrogens is 504 g/mol. The van der Waals surface area contributed by atoms with Gasteiger partial charge in [-0.25, -0.2) is 15.0 Å². The van der Waals surface area contributed by atoms with Crippen LogP contribution in [-0.2, 0) is 0 Å². The van der Waals surface area contributed by atoms with Crippen molar-refractivity contribution in [3.8, 4) is 56.4 Å². The van der Waals surface area contributed by atoms with Crippen LogP contribution in [0, 0.1) is 0 Å². The number of fused-ring (bicyclic) bond motifs is 6. The molecule has 0 fully saturated rings. The zero-order valence-electron chi connectivity index (χ0n) is 21.7. The molecule has 190 valence electrons. The number of hydrogen-bond acceptors (Lipinski definition) is 5. The first kappa shape index (κ1) is 22.2. The molecule has 5 aromatic carbocycles. The molecule has 0 spiro atoms. The van der Waals surface area contributed by atoms with Crippen LogP contribution in [0.1, 0.15) is 0 Å². The van der Waals surface area contributed by atoms with Gasteiger partial charge in [0, 0.05) is 22.9 Å². The molecule has 5 heteroatoms. The zero-order valence-corrected chi connectivity index (χ0v) is 21.7. The van der Waals surface area contributed by atoms with Crippen molar-refractivity contribution in [3.63, 3.8) is 0 Å². The van der Waals surface area contributed by atoms with Crippen molar-refractivity contribution in [2.75, 3.05) is 0 Å². The SMILES string of the molecule is c1ccc(-c2nc(-c3ccc4c5c(cccc35)-c3ccccc3-4)nc(-c3cccc4oc5cccnc5c34)n2)cc1. The lowest BCUT2D eigenvalue weighted by Crippen LogP contribution is -2.01. The summed E-state index contributed by atoms with van der Waals surface area (Å²) in [5.41, 5.74) is 10.1. The Bertz CT molecular complexity index is 2290. The molecule has 8 aromatic rings. The maximum Gasteiger partial charge on any atom is 0.164 e. The largest absolute Gasteiger partial charge is 0.454 e. The molecule has 0 atom stereocenters. The number of furan rings is 1. The summed E-state index contributed by atoms with van der Waals surface area (Å²) < 4.78 is 6.13. The first-order valence-corrected chi connectivity index (χ1v) is 13.6. The quantitative estimate of drug-likeness (QED) is 0.231. The van der Waals surface area contributed by atoms with Crippen molar-refractivity contribution in [2.24, 2.45) is 0 Å². The molecule has 5 nitrogen and oxygen atoms in total. The van der Waals surface area contributed by atoms with Gasteiger partial charge in [0.1, 0.15) is 11.1 Å². The van der Waals surface area contributed by atoms with Crippen LogP contribution in [0.3, 0.4) is 0 Å². The predicted molar refractivity (Wildman–Crippen MR) is 163 cm³/mol. The van der Waals surface area contributed by atoms with E-state index in [0.717, 1.165) is 44.1 Å². The van der Waals surface area contributed by atoms with Crippen LogP contribution in [0.15, 0.2) is 126 Å². The van der Waals surface area contributed by atoms with Crippen LogP contribution in [0.25, 0.3) is 89.3 Å². The maximum absolute atomic E-state index is 6.13. The summed E-state index contributed by atoms with van der Waals surface area (Å²) in [6, 6.07) is 39.3. The Kier molecular flexibility index (Phi) is 4.55. The van der Waals surface area contributed by atoms with Gasteiger partial charge in [0.2, 0.25) is 0 Å². The lowest BCUT2D eigenvalue weighted by molar-refractivity contribution is 0.668. The normalized spacial score (nSPS) is 11.9. The number of aromatic nitrogens is 4. The Balaban J connectivity index is 1.34. The smallest absolute Gasteiger partial charge is 0.164 e. The summed E-state index contributed by atoms with van der Waals surface area (Å²) in [5.74, 6) is 1.83. The van der Waals surface area contributed by atoms with Crippen molar-refractivity contribution in [3.05, 3.63) is 121 Å². The van der Waals surface area contributed by atoms with Gasteiger partial charge in [-0.2, -0.15) is 0 Å². The van der Waals surface area contributed by atoms with Crippen molar-refractivity contribution >= 4 is 32.8 Å². The van der Waals surface area contributed by atoms with E-state index >= 15 is 0 Å². The number of hydrogen-bond donors (Lipinski definition) is 0. The molecule has 3 heterocycles. The van der Waals surface area contributed by atoms with Crippen LogP contribution >= 0.6 is 0 Å². The average molecular weight is 525 g/mol. The summed E-state index contributed by atoms with van der Waals surface area (Å²) in [6.07, 6.45) is 1.78. The Morgan fingerprint density at radius 1 is 0.415 bits per heavy atom. The van der Waals surface area contributed by atoms with Gasteiger partial charge < -0.3 is 4.42 Å². The third-order valence-electron chi connectivity index (χ3n) is 7.95. The number of rotatable bonds is 3. The maximum atomic E-state index is 6.13. The fourth-order valence-corrected chi connectivity index (χ4v) is 6.16. The minimum absolute atomic E-state index is 0.583. The molecule has 9 rings (SSSR count). The van der Waals surface area contributed by atoms with Crippen LogP contribution in [-0.4, -0.2) is 19.9 Å². The second kappa shape index (κ2) is 8.41. The summed E-state index contributed by atoms with van der Waals surface area (Å²) in [7, 11) is 0.